The van der Waals surface area contributed by atoms with Gasteiger partial charge in [0, 0.05) is 12.1 Å². The molecule has 0 saturated heterocycles. The molecule has 0 aromatic rings. The Bertz CT molecular complexity index is 302. The standard InChI is InChI=1S/C11H20N2O3P/c1-9(2)13(10(3)4)8-11(14)17(15)16-7-5-6-12/h9-10H,5,7-8H2,1-4H3/q+1. The molecular weight excluding hydrogens is 239 g/mol. The van der Waals surface area contributed by atoms with E-state index in [1.807, 2.05) is 38.7 Å². The zero-order valence-electron chi connectivity index (χ0n) is 10.8. The Kier molecular flexibility index (Phi) is 7.90. The molecule has 0 heterocycles. The van der Waals surface area contributed by atoms with Gasteiger partial charge in [0.25, 0.3) is 0 Å². The SMILES string of the molecule is CC(C)N(CC(=O)[P+](=O)OCCC#N)C(C)C. The highest BCUT2D eigenvalue weighted by Crippen LogP contribution is 2.24. The van der Waals surface area contributed by atoms with Gasteiger partial charge >= 0.3 is 13.6 Å². The second kappa shape index (κ2) is 8.30. The van der Waals surface area contributed by atoms with Crippen LogP contribution in [0.15, 0.2) is 0 Å². The van der Waals surface area contributed by atoms with E-state index in [1.165, 1.54) is 0 Å². The van der Waals surface area contributed by atoms with Crippen LogP contribution < -0.4 is 0 Å². The molecule has 0 aromatic heterocycles. The van der Waals surface area contributed by atoms with Crippen molar-refractivity contribution in [1.82, 2.24) is 4.90 Å². The molecular formula is C11H20N2O3P+. The van der Waals surface area contributed by atoms with Crippen molar-refractivity contribution in [3.63, 3.8) is 0 Å². The summed E-state index contributed by atoms with van der Waals surface area (Å²) in [4.78, 5) is 13.6. The Balaban J connectivity index is 4.23. The smallest absolute Gasteiger partial charge is 0.287 e. The Morgan fingerprint density at radius 3 is 2.29 bits per heavy atom. The van der Waals surface area contributed by atoms with E-state index >= 15 is 0 Å². The van der Waals surface area contributed by atoms with Gasteiger partial charge in [-0.25, -0.2) is 4.79 Å². The molecule has 0 saturated carbocycles. The van der Waals surface area contributed by atoms with Crippen molar-refractivity contribution in [1.29, 1.82) is 5.26 Å². The zero-order valence-corrected chi connectivity index (χ0v) is 11.7. The number of carbonyl (C=O) groups excluding carboxylic acids is 1. The average molecular weight is 259 g/mol. The summed E-state index contributed by atoms with van der Waals surface area (Å²) >= 11 is 0. The Morgan fingerprint density at radius 1 is 1.35 bits per heavy atom. The van der Waals surface area contributed by atoms with Crippen LogP contribution in [0.1, 0.15) is 34.1 Å². The minimum Gasteiger partial charge on any atom is -0.287 e. The van der Waals surface area contributed by atoms with Crippen LogP contribution in [0.5, 0.6) is 0 Å². The molecule has 0 rings (SSSR count). The normalized spacial score (nSPS) is 12.0. The molecule has 0 N–H and O–H groups in total. The molecule has 0 radical (unpaired) electrons. The predicted molar refractivity (Wildman–Crippen MR) is 65.8 cm³/mol. The van der Waals surface area contributed by atoms with Crippen LogP contribution in [0.2, 0.25) is 0 Å². The van der Waals surface area contributed by atoms with Crippen molar-refractivity contribution < 1.29 is 13.9 Å². The molecule has 17 heavy (non-hydrogen) atoms. The molecule has 0 amide bonds. The Hall–Kier alpha value is -0.820. The van der Waals surface area contributed by atoms with Gasteiger partial charge in [0.15, 0.2) is 0 Å². The summed E-state index contributed by atoms with van der Waals surface area (Å²) in [6.07, 6.45) is 0.145. The zero-order chi connectivity index (χ0) is 13.4. The van der Waals surface area contributed by atoms with Gasteiger partial charge in [0.2, 0.25) is 0 Å². The highest BCUT2D eigenvalue weighted by atomic mass is 31.1. The van der Waals surface area contributed by atoms with Gasteiger partial charge in [-0.1, -0.05) is 0 Å². The topological polar surface area (TPSA) is 70.4 Å². The first-order valence-electron chi connectivity index (χ1n) is 5.65. The van der Waals surface area contributed by atoms with Crippen LogP contribution >= 0.6 is 8.03 Å². The van der Waals surface area contributed by atoms with E-state index in [4.69, 9.17) is 9.79 Å². The molecule has 0 spiro atoms. The Labute approximate surface area is 104 Å². The summed E-state index contributed by atoms with van der Waals surface area (Å²) in [5.41, 5.74) is -0.416. The van der Waals surface area contributed by atoms with Gasteiger partial charge in [-0.15, -0.1) is 4.52 Å². The van der Waals surface area contributed by atoms with Crippen molar-refractivity contribution in [2.45, 2.75) is 46.2 Å². The van der Waals surface area contributed by atoms with Gasteiger partial charge in [-0.2, -0.15) is 5.26 Å². The molecule has 6 heteroatoms. The highest BCUT2D eigenvalue weighted by Gasteiger charge is 2.33. The summed E-state index contributed by atoms with van der Waals surface area (Å²) in [6, 6.07) is 2.28. The van der Waals surface area contributed by atoms with Crippen LogP contribution in [-0.4, -0.2) is 35.7 Å². The summed E-state index contributed by atoms with van der Waals surface area (Å²) in [6.45, 7) is 8.10. The maximum atomic E-state index is 11.6. The third-order valence-electron chi connectivity index (χ3n) is 2.27. The number of carbonyl (C=O) groups is 1. The molecule has 0 aromatic carbocycles. The van der Waals surface area contributed by atoms with Gasteiger partial charge in [-0.05, 0) is 32.3 Å². The molecule has 1 unspecified atom stereocenters. The number of rotatable bonds is 8. The number of nitrogens with zero attached hydrogens (tertiary/aromatic N) is 2. The fourth-order valence-corrected chi connectivity index (χ4v) is 2.10. The third-order valence-corrected chi connectivity index (χ3v) is 3.24. The summed E-state index contributed by atoms with van der Waals surface area (Å²) in [5, 5.41) is 8.29. The lowest BCUT2D eigenvalue weighted by Crippen LogP contribution is -2.40. The molecule has 1 atom stereocenters. The Morgan fingerprint density at radius 2 is 1.88 bits per heavy atom. The molecule has 0 aliphatic rings. The lowest BCUT2D eigenvalue weighted by atomic mass is 10.2. The van der Waals surface area contributed by atoms with Crippen molar-refractivity contribution >= 4 is 13.6 Å². The van der Waals surface area contributed by atoms with Crippen LogP contribution in [0.4, 0.5) is 0 Å². The van der Waals surface area contributed by atoms with Crippen molar-refractivity contribution in [2.24, 2.45) is 0 Å². The molecule has 0 fully saturated rings. The fraction of sp³-hybridized carbons (Fsp3) is 0.818. The monoisotopic (exact) mass is 259 g/mol. The second-order valence-electron chi connectivity index (χ2n) is 4.25. The van der Waals surface area contributed by atoms with Gasteiger partial charge < -0.3 is 0 Å². The highest BCUT2D eigenvalue weighted by molar-refractivity contribution is 7.59. The predicted octanol–water partition coefficient (Wildman–Crippen LogP) is 2.30. The van der Waals surface area contributed by atoms with Crippen LogP contribution in [-0.2, 0) is 13.9 Å². The van der Waals surface area contributed by atoms with Gasteiger partial charge in [-0.3, -0.25) is 4.90 Å². The van der Waals surface area contributed by atoms with Crippen molar-refractivity contribution in [3.8, 4) is 6.07 Å². The van der Waals surface area contributed by atoms with E-state index < -0.39 is 13.6 Å². The van der Waals surface area contributed by atoms with Crippen LogP contribution in [0.3, 0.4) is 0 Å². The summed E-state index contributed by atoms with van der Waals surface area (Å²) in [5.74, 6) is 0. The molecule has 5 nitrogen and oxygen atoms in total. The number of nitriles is 1. The molecule has 96 valence electrons. The van der Waals surface area contributed by atoms with Crippen molar-refractivity contribution in [2.75, 3.05) is 13.2 Å². The third kappa shape index (κ3) is 6.48. The van der Waals surface area contributed by atoms with Gasteiger partial charge in [0.1, 0.15) is 13.2 Å². The maximum absolute atomic E-state index is 11.6. The summed E-state index contributed by atoms with van der Waals surface area (Å²) in [7, 11) is -2.32. The van der Waals surface area contributed by atoms with Crippen LogP contribution in [0, 0.1) is 11.3 Å². The first-order chi connectivity index (χ1) is 7.90. The first kappa shape index (κ1) is 16.2. The lowest BCUT2D eigenvalue weighted by Gasteiger charge is -2.27. The second-order valence-corrected chi connectivity index (χ2v) is 5.52. The van der Waals surface area contributed by atoms with Crippen LogP contribution in [0.25, 0.3) is 0 Å². The van der Waals surface area contributed by atoms with E-state index in [0.29, 0.717) is 0 Å². The minimum absolute atomic E-state index is 0.0425. The number of hydrogen-bond donors (Lipinski definition) is 0. The van der Waals surface area contributed by atoms with Crippen molar-refractivity contribution in [3.05, 3.63) is 0 Å². The minimum atomic E-state index is -2.32. The first-order valence-corrected chi connectivity index (χ1v) is 6.83. The van der Waals surface area contributed by atoms with E-state index in [2.05, 4.69) is 0 Å². The van der Waals surface area contributed by atoms with E-state index in [9.17, 15) is 9.36 Å². The summed E-state index contributed by atoms with van der Waals surface area (Å²) < 4.78 is 16.3. The molecule has 0 aliphatic heterocycles. The average Bonchev–Trinajstić information content (AvgIpc) is 2.24. The number of hydrogen-bond acceptors (Lipinski definition) is 5. The van der Waals surface area contributed by atoms with E-state index in [1.54, 1.807) is 0 Å². The van der Waals surface area contributed by atoms with E-state index in [0.717, 1.165) is 0 Å². The fourth-order valence-electron chi connectivity index (χ4n) is 1.42. The van der Waals surface area contributed by atoms with Gasteiger partial charge in [0.05, 0.1) is 12.5 Å². The van der Waals surface area contributed by atoms with E-state index in [-0.39, 0.29) is 31.7 Å². The largest absolute Gasteiger partial charge is 0.588 e. The molecule has 0 bridgehead atoms. The lowest BCUT2D eigenvalue weighted by molar-refractivity contribution is -0.114. The maximum Gasteiger partial charge on any atom is 0.588 e. The molecule has 0 aliphatic carbocycles. The quantitative estimate of drug-likeness (QED) is 0.494.